The molecular formula is C19H34N6O9. The fourth-order valence-corrected chi connectivity index (χ4v) is 2.77. The first-order valence-electron chi connectivity index (χ1n) is 10.6. The van der Waals surface area contributed by atoms with Gasteiger partial charge in [-0.2, -0.15) is 0 Å². The average Bonchev–Trinajstić information content (AvgIpc) is 2.73. The molecule has 0 aromatic carbocycles. The fraction of sp³-hybridized carbons (Fsp3) is 0.684. The molecule has 0 bridgehead atoms. The average molecular weight is 491 g/mol. The minimum absolute atomic E-state index is 0.279. The molecule has 0 aromatic heterocycles. The van der Waals surface area contributed by atoms with Crippen molar-refractivity contribution in [3.63, 3.8) is 0 Å². The standard InChI is InChI=1S/C19H34N6O9/c1-9(26)15(25-16(30)10(21)4-2-3-7-20)18(32)23-11(5-6-13(22)27)17(31)24-12(19(33)34)8-14(28)29/h9-12,15,26H,2-8,20-21H2,1H3,(H2,22,27)(H,23,32)(H,24,31)(H,25,30)(H,28,29)(H,33,34). The van der Waals surface area contributed by atoms with Gasteiger partial charge in [0.15, 0.2) is 0 Å². The summed E-state index contributed by atoms with van der Waals surface area (Å²) in [6.45, 7) is 1.62. The fourth-order valence-electron chi connectivity index (χ4n) is 2.77. The Balaban J connectivity index is 5.44. The Morgan fingerprint density at radius 1 is 0.853 bits per heavy atom. The van der Waals surface area contributed by atoms with Gasteiger partial charge in [-0.15, -0.1) is 0 Å². The van der Waals surface area contributed by atoms with E-state index in [4.69, 9.17) is 27.4 Å². The second kappa shape index (κ2) is 15.5. The molecule has 15 heteroatoms. The molecule has 0 radical (unpaired) electrons. The van der Waals surface area contributed by atoms with Crippen LogP contribution in [0.4, 0.5) is 0 Å². The third kappa shape index (κ3) is 12.1. The summed E-state index contributed by atoms with van der Waals surface area (Å²) < 4.78 is 0. The molecule has 0 aromatic rings. The van der Waals surface area contributed by atoms with E-state index in [1.165, 1.54) is 6.92 Å². The minimum Gasteiger partial charge on any atom is -0.481 e. The predicted molar refractivity (Wildman–Crippen MR) is 117 cm³/mol. The summed E-state index contributed by atoms with van der Waals surface area (Å²) in [5.74, 6) is -6.80. The number of aliphatic hydroxyl groups is 1. The molecule has 0 aliphatic rings. The summed E-state index contributed by atoms with van der Waals surface area (Å²) in [5.41, 5.74) is 16.2. The van der Waals surface area contributed by atoms with E-state index in [0.717, 1.165) is 0 Å². The largest absolute Gasteiger partial charge is 0.481 e. The van der Waals surface area contributed by atoms with Crippen molar-refractivity contribution in [3.05, 3.63) is 0 Å². The predicted octanol–water partition coefficient (Wildman–Crippen LogP) is -3.90. The van der Waals surface area contributed by atoms with E-state index in [0.29, 0.717) is 19.4 Å². The van der Waals surface area contributed by atoms with Gasteiger partial charge in [-0.25, -0.2) is 4.79 Å². The molecule has 34 heavy (non-hydrogen) atoms. The Bertz CT molecular complexity index is 746. The van der Waals surface area contributed by atoms with Gasteiger partial charge in [-0.05, 0) is 32.7 Å². The van der Waals surface area contributed by atoms with Crippen LogP contribution in [0.15, 0.2) is 0 Å². The number of carboxylic acid groups (broad SMARTS) is 2. The molecule has 12 N–H and O–H groups in total. The lowest BCUT2D eigenvalue weighted by atomic mass is 10.1. The molecule has 0 saturated heterocycles. The molecule has 0 saturated carbocycles. The SMILES string of the molecule is CC(O)C(NC(=O)C(N)CCCCN)C(=O)NC(CCC(N)=O)C(=O)NC(CC(=O)O)C(=O)O. The van der Waals surface area contributed by atoms with Crippen molar-refractivity contribution < 1.29 is 44.1 Å². The Labute approximate surface area is 195 Å². The van der Waals surface area contributed by atoms with E-state index in [1.807, 2.05) is 5.32 Å². The second-order valence-corrected chi connectivity index (χ2v) is 7.68. The lowest BCUT2D eigenvalue weighted by Gasteiger charge is -2.26. The van der Waals surface area contributed by atoms with E-state index >= 15 is 0 Å². The molecule has 0 heterocycles. The van der Waals surface area contributed by atoms with Crippen LogP contribution >= 0.6 is 0 Å². The van der Waals surface area contributed by atoms with Crippen molar-refractivity contribution in [2.75, 3.05) is 6.54 Å². The van der Waals surface area contributed by atoms with E-state index in [9.17, 15) is 33.9 Å². The third-order valence-electron chi connectivity index (χ3n) is 4.67. The molecule has 5 atom stereocenters. The summed E-state index contributed by atoms with van der Waals surface area (Å²) in [6, 6.07) is -5.85. The van der Waals surface area contributed by atoms with E-state index < -0.39 is 72.3 Å². The molecule has 4 amide bonds. The molecule has 0 spiro atoms. The number of carboxylic acids is 2. The van der Waals surface area contributed by atoms with Crippen LogP contribution in [0.3, 0.4) is 0 Å². The molecule has 0 aliphatic heterocycles. The highest BCUT2D eigenvalue weighted by Crippen LogP contribution is 2.04. The highest BCUT2D eigenvalue weighted by molar-refractivity contribution is 5.95. The van der Waals surface area contributed by atoms with Crippen LogP contribution in [-0.4, -0.2) is 87.7 Å². The van der Waals surface area contributed by atoms with Crippen LogP contribution < -0.4 is 33.2 Å². The topological polar surface area (TPSA) is 277 Å². The Kier molecular flexibility index (Phi) is 14.0. The Morgan fingerprint density at radius 3 is 1.91 bits per heavy atom. The first kappa shape index (κ1) is 30.7. The second-order valence-electron chi connectivity index (χ2n) is 7.68. The quantitative estimate of drug-likeness (QED) is 0.0888. The van der Waals surface area contributed by atoms with Crippen LogP contribution in [0.5, 0.6) is 0 Å². The molecule has 15 nitrogen and oxygen atoms in total. The number of carbonyl (C=O) groups excluding carboxylic acids is 4. The Morgan fingerprint density at radius 2 is 1.44 bits per heavy atom. The number of hydrogen-bond donors (Lipinski definition) is 9. The minimum atomic E-state index is -1.81. The molecule has 194 valence electrons. The van der Waals surface area contributed by atoms with Gasteiger partial charge in [-0.1, -0.05) is 6.42 Å². The normalized spacial score (nSPS) is 15.2. The number of aliphatic carboxylic acids is 2. The van der Waals surface area contributed by atoms with Gasteiger partial charge in [0.25, 0.3) is 0 Å². The van der Waals surface area contributed by atoms with Gasteiger partial charge in [0.1, 0.15) is 18.1 Å². The number of hydrogen-bond acceptors (Lipinski definition) is 9. The summed E-state index contributed by atoms with van der Waals surface area (Å²) in [7, 11) is 0. The lowest BCUT2D eigenvalue weighted by Crippen LogP contribution is -2.59. The number of aliphatic hydroxyl groups excluding tert-OH is 1. The first-order valence-corrected chi connectivity index (χ1v) is 10.6. The number of nitrogens with two attached hydrogens (primary N) is 3. The molecule has 5 unspecified atom stereocenters. The maximum Gasteiger partial charge on any atom is 0.326 e. The van der Waals surface area contributed by atoms with Crippen molar-refractivity contribution >= 4 is 35.6 Å². The molecule has 0 aliphatic carbocycles. The number of unbranched alkanes of at least 4 members (excludes halogenated alkanes) is 1. The maximum atomic E-state index is 12.7. The zero-order valence-corrected chi connectivity index (χ0v) is 18.9. The summed E-state index contributed by atoms with van der Waals surface area (Å²) in [4.78, 5) is 70.7. The third-order valence-corrected chi connectivity index (χ3v) is 4.67. The van der Waals surface area contributed by atoms with Gasteiger partial charge in [-0.3, -0.25) is 24.0 Å². The van der Waals surface area contributed by atoms with Crippen molar-refractivity contribution in [1.82, 2.24) is 16.0 Å². The van der Waals surface area contributed by atoms with E-state index in [-0.39, 0.29) is 19.3 Å². The number of primary amides is 1. The number of nitrogens with one attached hydrogen (secondary N) is 3. The number of rotatable bonds is 17. The van der Waals surface area contributed by atoms with Gasteiger partial charge in [0.05, 0.1) is 18.6 Å². The summed E-state index contributed by atoms with van der Waals surface area (Å²) in [6.07, 6.45) is -1.62. The zero-order chi connectivity index (χ0) is 26.4. The van der Waals surface area contributed by atoms with Crippen LogP contribution in [0.25, 0.3) is 0 Å². The van der Waals surface area contributed by atoms with Crippen LogP contribution in [0, 0.1) is 0 Å². The Hall–Kier alpha value is -3.30. The van der Waals surface area contributed by atoms with Crippen LogP contribution in [-0.2, 0) is 28.8 Å². The van der Waals surface area contributed by atoms with Crippen LogP contribution in [0.2, 0.25) is 0 Å². The maximum absolute atomic E-state index is 12.7. The summed E-state index contributed by atoms with van der Waals surface area (Å²) >= 11 is 0. The summed E-state index contributed by atoms with van der Waals surface area (Å²) in [5, 5.41) is 34.3. The van der Waals surface area contributed by atoms with Crippen LogP contribution in [0.1, 0.15) is 45.4 Å². The highest BCUT2D eigenvalue weighted by atomic mass is 16.4. The van der Waals surface area contributed by atoms with Crippen molar-refractivity contribution in [2.24, 2.45) is 17.2 Å². The zero-order valence-electron chi connectivity index (χ0n) is 18.9. The van der Waals surface area contributed by atoms with Gasteiger partial charge < -0.3 is 48.5 Å². The molecular weight excluding hydrogens is 456 g/mol. The number of amides is 4. The first-order chi connectivity index (χ1) is 15.8. The van der Waals surface area contributed by atoms with E-state index in [1.54, 1.807) is 0 Å². The lowest BCUT2D eigenvalue weighted by molar-refractivity contribution is -0.147. The smallest absolute Gasteiger partial charge is 0.326 e. The van der Waals surface area contributed by atoms with Crippen molar-refractivity contribution in [2.45, 2.75) is 75.7 Å². The van der Waals surface area contributed by atoms with Gasteiger partial charge in [0.2, 0.25) is 23.6 Å². The molecule has 0 fully saturated rings. The van der Waals surface area contributed by atoms with Crippen molar-refractivity contribution in [1.29, 1.82) is 0 Å². The van der Waals surface area contributed by atoms with Crippen molar-refractivity contribution in [3.8, 4) is 0 Å². The van der Waals surface area contributed by atoms with E-state index in [2.05, 4.69) is 10.6 Å². The molecule has 0 rings (SSSR count). The highest BCUT2D eigenvalue weighted by Gasteiger charge is 2.33. The van der Waals surface area contributed by atoms with Gasteiger partial charge >= 0.3 is 11.9 Å². The monoisotopic (exact) mass is 490 g/mol. The number of carbonyl (C=O) groups is 6. The van der Waals surface area contributed by atoms with Gasteiger partial charge in [0, 0.05) is 6.42 Å².